The van der Waals surface area contributed by atoms with Crippen LogP contribution in [-0.4, -0.2) is 39.8 Å². The van der Waals surface area contributed by atoms with E-state index in [0.717, 1.165) is 30.4 Å². The van der Waals surface area contributed by atoms with Crippen LogP contribution in [-0.2, 0) is 10.0 Å². The molecule has 0 spiro atoms. The van der Waals surface area contributed by atoms with E-state index >= 15 is 0 Å². The summed E-state index contributed by atoms with van der Waals surface area (Å²) < 4.78 is 45.4. The molecular formula is C22H29FN2O4S. The molecule has 0 aliphatic heterocycles. The molecule has 30 heavy (non-hydrogen) atoms. The minimum Gasteiger partial charge on any atom is -0.496 e. The highest BCUT2D eigenvalue weighted by Gasteiger charge is 2.28. The van der Waals surface area contributed by atoms with Crippen molar-refractivity contribution in [1.29, 1.82) is 0 Å². The Bertz CT molecular complexity index is 950. The number of methoxy groups -OCH3 is 1. The molecule has 0 saturated heterocycles. The number of sulfonamides is 1. The SMILES string of the molecule is COc1cc(F)ccc1C(C)NC1CCC(c2ccc(S(=O)(=O)NCCO)cc2)C1. The first-order valence-corrected chi connectivity index (χ1v) is 11.6. The van der Waals surface area contributed by atoms with Crippen LogP contribution >= 0.6 is 0 Å². The summed E-state index contributed by atoms with van der Waals surface area (Å²) >= 11 is 0. The normalized spacial score (nSPS) is 20.3. The van der Waals surface area contributed by atoms with Gasteiger partial charge in [0.25, 0.3) is 0 Å². The number of nitrogens with one attached hydrogen (secondary N) is 2. The highest BCUT2D eigenvalue weighted by Crippen LogP contribution is 2.36. The third kappa shape index (κ3) is 5.37. The molecule has 3 atom stereocenters. The fourth-order valence-corrected chi connectivity index (χ4v) is 5.13. The van der Waals surface area contributed by atoms with Gasteiger partial charge in [-0.3, -0.25) is 0 Å². The van der Waals surface area contributed by atoms with E-state index in [0.29, 0.717) is 17.7 Å². The Morgan fingerprint density at radius 1 is 1.20 bits per heavy atom. The van der Waals surface area contributed by atoms with E-state index in [9.17, 15) is 12.8 Å². The standard InChI is InChI=1S/C22H29FN2O4S/c1-15(21-10-6-18(23)14-22(21)29-2)25-19-7-3-17(13-19)16-4-8-20(9-5-16)30(27,28)24-11-12-26/h4-6,8-10,14-15,17,19,24-26H,3,7,11-13H2,1-2H3. The van der Waals surface area contributed by atoms with Gasteiger partial charge in [-0.25, -0.2) is 17.5 Å². The highest BCUT2D eigenvalue weighted by atomic mass is 32.2. The van der Waals surface area contributed by atoms with Gasteiger partial charge in [0, 0.05) is 30.3 Å². The van der Waals surface area contributed by atoms with E-state index in [-0.39, 0.29) is 29.9 Å². The summed E-state index contributed by atoms with van der Waals surface area (Å²) in [6.07, 6.45) is 2.97. The van der Waals surface area contributed by atoms with Crippen LogP contribution in [0, 0.1) is 5.82 Å². The Morgan fingerprint density at radius 3 is 2.60 bits per heavy atom. The molecule has 1 aliphatic rings. The third-order valence-electron chi connectivity index (χ3n) is 5.65. The number of ether oxygens (including phenoxy) is 1. The average Bonchev–Trinajstić information content (AvgIpc) is 3.20. The molecule has 3 unspecified atom stereocenters. The van der Waals surface area contributed by atoms with Crippen molar-refractivity contribution in [2.45, 2.75) is 49.1 Å². The Labute approximate surface area is 177 Å². The predicted molar refractivity (Wildman–Crippen MR) is 114 cm³/mol. The molecule has 2 aromatic carbocycles. The minimum atomic E-state index is -3.59. The van der Waals surface area contributed by atoms with Crippen LogP contribution < -0.4 is 14.8 Å². The van der Waals surface area contributed by atoms with Crippen LogP contribution in [0.15, 0.2) is 47.4 Å². The lowest BCUT2D eigenvalue weighted by Crippen LogP contribution is -2.29. The van der Waals surface area contributed by atoms with Crippen LogP contribution in [0.5, 0.6) is 5.75 Å². The predicted octanol–water partition coefficient (Wildman–Crippen LogP) is 3.09. The molecule has 0 aromatic heterocycles. The van der Waals surface area contributed by atoms with Gasteiger partial charge in [0.1, 0.15) is 11.6 Å². The van der Waals surface area contributed by atoms with E-state index in [4.69, 9.17) is 9.84 Å². The second-order valence-electron chi connectivity index (χ2n) is 7.67. The zero-order valence-electron chi connectivity index (χ0n) is 17.3. The first kappa shape index (κ1) is 22.7. The van der Waals surface area contributed by atoms with Crippen molar-refractivity contribution >= 4 is 10.0 Å². The second kappa shape index (κ2) is 9.87. The fourth-order valence-electron chi connectivity index (χ4n) is 4.10. The number of hydrogen-bond donors (Lipinski definition) is 3. The number of benzene rings is 2. The maximum Gasteiger partial charge on any atom is 0.240 e. The monoisotopic (exact) mass is 436 g/mol. The van der Waals surface area contributed by atoms with Crippen molar-refractivity contribution < 1.29 is 22.7 Å². The topological polar surface area (TPSA) is 87.7 Å². The van der Waals surface area contributed by atoms with Gasteiger partial charge in [-0.05, 0) is 55.9 Å². The summed E-state index contributed by atoms with van der Waals surface area (Å²) in [5, 5.41) is 12.4. The summed E-state index contributed by atoms with van der Waals surface area (Å²) in [5.41, 5.74) is 2.04. The van der Waals surface area contributed by atoms with E-state index < -0.39 is 10.0 Å². The molecule has 0 radical (unpaired) electrons. The fraction of sp³-hybridized carbons (Fsp3) is 0.455. The van der Waals surface area contributed by atoms with Crippen molar-refractivity contribution in [1.82, 2.24) is 10.0 Å². The van der Waals surface area contributed by atoms with Crippen molar-refractivity contribution in [3.63, 3.8) is 0 Å². The maximum atomic E-state index is 13.5. The van der Waals surface area contributed by atoms with Gasteiger partial charge < -0.3 is 15.2 Å². The summed E-state index contributed by atoms with van der Waals surface area (Å²) in [4.78, 5) is 0.199. The summed E-state index contributed by atoms with van der Waals surface area (Å²) in [5.74, 6) is 0.573. The van der Waals surface area contributed by atoms with Crippen LogP contribution in [0.4, 0.5) is 4.39 Å². The highest BCUT2D eigenvalue weighted by molar-refractivity contribution is 7.89. The zero-order valence-corrected chi connectivity index (χ0v) is 18.1. The lowest BCUT2D eigenvalue weighted by atomic mass is 9.97. The van der Waals surface area contributed by atoms with E-state index in [1.54, 1.807) is 25.3 Å². The van der Waals surface area contributed by atoms with Crippen molar-refractivity contribution in [3.05, 3.63) is 59.4 Å². The number of aliphatic hydroxyl groups is 1. The van der Waals surface area contributed by atoms with Gasteiger partial charge in [0.15, 0.2) is 0 Å². The molecule has 1 aliphatic carbocycles. The molecule has 1 saturated carbocycles. The molecule has 3 N–H and O–H groups in total. The molecule has 164 valence electrons. The van der Waals surface area contributed by atoms with Crippen LogP contribution in [0.1, 0.15) is 49.3 Å². The van der Waals surface area contributed by atoms with Crippen LogP contribution in [0.3, 0.4) is 0 Å². The maximum absolute atomic E-state index is 13.5. The zero-order chi connectivity index (χ0) is 21.7. The molecule has 8 heteroatoms. The Balaban J connectivity index is 1.61. The molecule has 0 heterocycles. The van der Waals surface area contributed by atoms with E-state index in [1.165, 1.54) is 12.1 Å². The molecule has 1 fully saturated rings. The number of aliphatic hydroxyl groups excluding tert-OH is 1. The van der Waals surface area contributed by atoms with Gasteiger partial charge >= 0.3 is 0 Å². The Kier molecular flexibility index (Phi) is 7.46. The van der Waals surface area contributed by atoms with Gasteiger partial charge in [0.2, 0.25) is 10.0 Å². The summed E-state index contributed by atoms with van der Waals surface area (Å²) in [7, 11) is -2.05. The number of rotatable bonds is 9. The molecular weight excluding hydrogens is 407 g/mol. The summed E-state index contributed by atoms with van der Waals surface area (Å²) in [6.45, 7) is 1.80. The van der Waals surface area contributed by atoms with Crippen molar-refractivity contribution in [2.75, 3.05) is 20.3 Å². The number of halogens is 1. The first-order valence-electron chi connectivity index (χ1n) is 10.1. The molecule has 0 bridgehead atoms. The molecule has 3 rings (SSSR count). The molecule has 0 amide bonds. The van der Waals surface area contributed by atoms with E-state index in [1.807, 2.05) is 19.1 Å². The largest absolute Gasteiger partial charge is 0.496 e. The smallest absolute Gasteiger partial charge is 0.240 e. The van der Waals surface area contributed by atoms with Gasteiger partial charge in [-0.15, -0.1) is 0 Å². The third-order valence-corrected chi connectivity index (χ3v) is 7.12. The molecule has 2 aromatic rings. The quantitative estimate of drug-likeness (QED) is 0.562. The van der Waals surface area contributed by atoms with Crippen molar-refractivity contribution in [2.24, 2.45) is 0 Å². The van der Waals surface area contributed by atoms with Crippen molar-refractivity contribution in [3.8, 4) is 5.75 Å². The van der Waals surface area contributed by atoms with Gasteiger partial charge in [-0.2, -0.15) is 0 Å². The van der Waals surface area contributed by atoms with Crippen LogP contribution in [0.2, 0.25) is 0 Å². The Morgan fingerprint density at radius 2 is 1.93 bits per heavy atom. The van der Waals surface area contributed by atoms with Gasteiger partial charge in [-0.1, -0.05) is 18.2 Å². The lowest BCUT2D eigenvalue weighted by Gasteiger charge is -2.22. The van der Waals surface area contributed by atoms with Crippen LogP contribution in [0.25, 0.3) is 0 Å². The Hall–Kier alpha value is -2.00. The van der Waals surface area contributed by atoms with E-state index in [2.05, 4.69) is 10.0 Å². The summed E-state index contributed by atoms with van der Waals surface area (Å²) in [6, 6.07) is 11.9. The second-order valence-corrected chi connectivity index (χ2v) is 9.44. The lowest BCUT2D eigenvalue weighted by molar-refractivity contribution is 0.301. The molecule has 6 nitrogen and oxygen atoms in total. The van der Waals surface area contributed by atoms with Gasteiger partial charge in [0.05, 0.1) is 18.6 Å². The first-order chi connectivity index (χ1) is 14.3. The number of hydrogen-bond acceptors (Lipinski definition) is 5. The minimum absolute atomic E-state index is 0.00289. The average molecular weight is 437 g/mol.